The van der Waals surface area contributed by atoms with Crippen LogP contribution in [0.4, 0.5) is 0 Å². The first-order valence-corrected chi connectivity index (χ1v) is 5.11. The summed E-state index contributed by atoms with van der Waals surface area (Å²) in [6.45, 7) is 3.65. The van der Waals surface area contributed by atoms with Gasteiger partial charge in [-0.05, 0) is 24.3 Å². The summed E-state index contributed by atoms with van der Waals surface area (Å²) in [5.41, 5.74) is 5.90. The summed E-state index contributed by atoms with van der Waals surface area (Å²) in [5.74, 6) is 0. The molecule has 0 aliphatic heterocycles. The van der Waals surface area contributed by atoms with Crippen LogP contribution in [0, 0.1) is 0 Å². The van der Waals surface area contributed by atoms with Crippen molar-refractivity contribution < 1.29 is 0 Å². The number of nitrogens with two attached hydrogens (primary N) is 1. The summed E-state index contributed by atoms with van der Waals surface area (Å²) in [6, 6.07) is 1.95. The summed E-state index contributed by atoms with van der Waals surface area (Å²) in [6.07, 6.45) is 3.74. The minimum absolute atomic E-state index is 0.0653. The lowest BCUT2D eigenvalue weighted by Crippen LogP contribution is -2.08. The van der Waals surface area contributed by atoms with E-state index in [0.717, 1.165) is 22.7 Å². The molecule has 12 heavy (non-hydrogen) atoms. The molecule has 66 valence electrons. The molecule has 0 fully saturated rings. The highest BCUT2D eigenvalue weighted by Crippen LogP contribution is 2.29. The fraction of sp³-hybridized carbons (Fsp3) is 0.333. The first-order valence-electron chi connectivity index (χ1n) is 3.85. The first-order chi connectivity index (χ1) is 5.75. The molecule has 0 saturated carbocycles. The summed E-state index contributed by atoms with van der Waals surface area (Å²) >= 11 is 7.54. The molecule has 0 radical (unpaired) electrons. The van der Waals surface area contributed by atoms with E-state index in [2.05, 4.69) is 6.58 Å². The van der Waals surface area contributed by atoms with Gasteiger partial charge >= 0.3 is 0 Å². The van der Waals surface area contributed by atoms with Gasteiger partial charge in [-0.25, -0.2) is 0 Å². The Bertz CT molecular complexity index is 257. The van der Waals surface area contributed by atoms with Crippen molar-refractivity contribution in [2.45, 2.75) is 18.9 Å². The van der Waals surface area contributed by atoms with Crippen LogP contribution >= 0.6 is 22.9 Å². The number of halogens is 1. The van der Waals surface area contributed by atoms with E-state index in [4.69, 9.17) is 17.3 Å². The number of hydrogen-bond donors (Lipinski definition) is 1. The molecule has 2 N–H and O–H groups in total. The highest BCUT2D eigenvalue weighted by molar-refractivity contribution is 7.10. The van der Waals surface area contributed by atoms with Gasteiger partial charge in [0, 0.05) is 10.9 Å². The molecule has 1 aromatic rings. The molecular formula is C9H12ClNS. The number of thiophene rings is 1. The highest BCUT2D eigenvalue weighted by atomic mass is 35.5. The third kappa shape index (κ3) is 2.34. The second-order valence-electron chi connectivity index (χ2n) is 2.61. The van der Waals surface area contributed by atoms with Crippen LogP contribution in [0.1, 0.15) is 23.8 Å². The molecule has 0 amide bonds. The smallest absolute Gasteiger partial charge is 0.0561 e. The van der Waals surface area contributed by atoms with Crippen LogP contribution in [0.2, 0.25) is 5.02 Å². The third-order valence-electron chi connectivity index (χ3n) is 1.66. The van der Waals surface area contributed by atoms with E-state index in [1.165, 1.54) is 0 Å². The van der Waals surface area contributed by atoms with Gasteiger partial charge < -0.3 is 5.73 Å². The van der Waals surface area contributed by atoms with Crippen LogP contribution in [0.25, 0.3) is 0 Å². The summed E-state index contributed by atoms with van der Waals surface area (Å²) in [7, 11) is 0. The predicted molar refractivity (Wildman–Crippen MR) is 55.7 cm³/mol. The maximum atomic E-state index is 5.92. The van der Waals surface area contributed by atoms with Crippen molar-refractivity contribution in [1.82, 2.24) is 0 Å². The van der Waals surface area contributed by atoms with Gasteiger partial charge in [0.15, 0.2) is 0 Å². The Morgan fingerprint density at radius 1 is 1.75 bits per heavy atom. The molecule has 1 heterocycles. The standard InChI is InChI=1S/C9H12ClNS/c1-2-3-4-8(11)9-7(10)5-6-12-9/h2,5-6,8H,1,3-4,11H2. The fourth-order valence-electron chi connectivity index (χ4n) is 0.998. The summed E-state index contributed by atoms with van der Waals surface area (Å²) in [5, 5.41) is 2.75. The molecular weight excluding hydrogens is 190 g/mol. The molecule has 0 spiro atoms. The Hall–Kier alpha value is -0.310. The Morgan fingerprint density at radius 3 is 3.00 bits per heavy atom. The first kappa shape index (κ1) is 9.78. The third-order valence-corrected chi connectivity index (χ3v) is 3.15. The molecule has 0 bridgehead atoms. The predicted octanol–water partition coefficient (Wildman–Crippen LogP) is 3.37. The van der Waals surface area contributed by atoms with E-state index < -0.39 is 0 Å². The van der Waals surface area contributed by atoms with E-state index in [-0.39, 0.29) is 6.04 Å². The lowest BCUT2D eigenvalue weighted by atomic mass is 10.1. The Balaban J connectivity index is 2.58. The fourth-order valence-corrected chi connectivity index (χ4v) is 2.23. The van der Waals surface area contributed by atoms with Gasteiger partial charge in [0.05, 0.1) is 5.02 Å². The zero-order chi connectivity index (χ0) is 8.97. The van der Waals surface area contributed by atoms with Crippen molar-refractivity contribution in [3.63, 3.8) is 0 Å². The topological polar surface area (TPSA) is 26.0 Å². The van der Waals surface area contributed by atoms with Gasteiger partial charge in [-0.1, -0.05) is 17.7 Å². The van der Waals surface area contributed by atoms with Crippen LogP contribution < -0.4 is 5.73 Å². The van der Waals surface area contributed by atoms with Gasteiger partial charge in [0.1, 0.15) is 0 Å². The molecule has 0 aliphatic carbocycles. The molecule has 1 nitrogen and oxygen atoms in total. The molecule has 1 atom stereocenters. The van der Waals surface area contributed by atoms with Crippen molar-refractivity contribution in [2.75, 3.05) is 0 Å². The van der Waals surface area contributed by atoms with Crippen LogP contribution in [-0.2, 0) is 0 Å². The Labute approximate surface area is 81.9 Å². The van der Waals surface area contributed by atoms with Gasteiger partial charge in [0.2, 0.25) is 0 Å². The Kier molecular flexibility index (Phi) is 3.79. The summed E-state index contributed by atoms with van der Waals surface area (Å²) in [4.78, 5) is 1.08. The quantitative estimate of drug-likeness (QED) is 0.743. The lowest BCUT2D eigenvalue weighted by molar-refractivity contribution is 0.673. The van der Waals surface area contributed by atoms with Crippen molar-refractivity contribution in [3.05, 3.63) is 34.0 Å². The Morgan fingerprint density at radius 2 is 2.50 bits per heavy atom. The number of hydrogen-bond acceptors (Lipinski definition) is 2. The van der Waals surface area contributed by atoms with E-state index in [1.54, 1.807) is 11.3 Å². The molecule has 1 aromatic heterocycles. The minimum atomic E-state index is 0.0653. The number of allylic oxidation sites excluding steroid dienone is 1. The lowest BCUT2D eigenvalue weighted by Gasteiger charge is -2.07. The SMILES string of the molecule is C=CCCC(N)c1sccc1Cl. The second-order valence-corrected chi connectivity index (χ2v) is 3.96. The van der Waals surface area contributed by atoms with Gasteiger partial charge in [-0.15, -0.1) is 17.9 Å². The zero-order valence-electron chi connectivity index (χ0n) is 6.79. The van der Waals surface area contributed by atoms with Crippen molar-refractivity contribution >= 4 is 22.9 Å². The van der Waals surface area contributed by atoms with Crippen molar-refractivity contribution in [3.8, 4) is 0 Å². The van der Waals surface area contributed by atoms with E-state index >= 15 is 0 Å². The van der Waals surface area contributed by atoms with Crippen LogP contribution in [-0.4, -0.2) is 0 Å². The molecule has 0 aromatic carbocycles. The van der Waals surface area contributed by atoms with Gasteiger partial charge in [-0.3, -0.25) is 0 Å². The molecule has 1 rings (SSSR count). The maximum absolute atomic E-state index is 5.92. The van der Waals surface area contributed by atoms with Crippen LogP contribution in [0.15, 0.2) is 24.1 Å². The maximum Gasteiger partial charge on any atom is 0.0561 e. The van der Waals surface area contributed by atoms with Crippen molar-refractivity contribution in [1.29, 1.82) is 0 Å². The monoisotopic (exact) mass is 201 g/mol. The van der Waals surface area contributed by atoms with Crippen molar-refractivity contribution in [2.24, 2.45) is 5.73 Å². The largest absolute Gasteiger partial charge is 0.323 e. The average Bonchev–Trinajstić information content (AvgIpc) is 2.47. The average molecular weight is 202 g/mol. The van der Waals surface area contributed by atoms with E-state index in [0.29, 0.717) is 0 Å². The van der Waals surface area contributed by atoms with E-state index in [9.17, 15) is 0 Å². The second kappa shape index (κ2) is 4.65. The molecule has 3 heteroatoms. The molecule has 0 aliphatic rings. The minimum Gasteiger partial charge on any atom is -0.323 e. The highest BCUT2D eigenvalue weighted by Gasteiger charge is 2.09. The van der Waals surface area contributed by atoms with Crippen LogP contribution in [0.3, 0.4) is 0 Å². The van der Waals surface area contributed by atoms with Crippen LogP contribution in [0.5, 0.6) is 0 Å². The molecule has 0 saturated heterocycles. The normalized spacial score (nSPS) is 12.8. The summed E-state index contributed by atoms with van der Waals surface area (Å²) < 4.78 is 0. The number of rotatable bonds is 4. The zero-order valence-corrected chi connectivity index (χ0v) is 8.37. The molecule has 1 unspecified atom stereocenters. The van der Waals surface area contributed by atoms with E-state index in [1.807, 2.05) is 17.5 Å². The van der Waals surface area contributed by atoms with Gasteiger partial charge in [0.25, 0.3) is 0 Å². The van der Waals surface area contributed by atoms with Gasteiger partial charge in [-0.2, -0.15) is 0 Å².